The summed E-state index contributed by atoms with van der Waals surface area (Å²) in [6.45, 7) is 1.70. The van der Waals surface area contributed by atoms with E-state index in [1.54, 1.807) is 17.8 Å². The number of nitrogens with zero attached hydrogens (tertiary/aromatic N) is 4. The van der Waals surface area contributed by atoms with Crippen LogP contribution in [0.25, 0.3) is 5.69 Å². The maximum atomic E-state index is 13.0. The van der Waals surface area contributed by atoms with Gasteiger partial charge in [0.1, 0.15) is 11.5 Å². The van der Waals surface area contributed by atoms with Gasteiger partial charge in [0, 0.05) is 6.20 Å². The minimum atomic E-state index is -4.47. The first-order valence-electron chi connectivity index (χ1n) is 7.21. The van der Waals surface area contributed by atoms with Crippen LogP contribution in [0.5, 0.6) is 0 Å². The zero-order valence-electron chi connectivity index (χ0n) is 12.7. The number of aromatic nitrogens is 4. The Hall–Kier alpha value is -2.90. The second-order valence-electron chi connectivity index (χ2n) is 5.19. The Morgan fingerprint density at radius 1 is 1.08 bits per heavy atom. The molecule has 0 amide bonds. The van der Waals surface area contributed by atoms with Crippen molar-refractivity contribution >= 4 is 5.82 Å². The number of hydrogen-bond donors (Lipinski definition) is 1. The van der Waals surface area contributed by atoms with Crippen molar-refractivity contribution in [1.29, 1.82) is 0 Å². The van der Waals surface area contributed by atoms with Gasteiger partial charge in [0.15, 0.2) is 0 Å². The van der Waals surface area contributed by atoms with E-state index in [2.05, 4.69) is 20.6 Å². The van der Waals surface area contributed by atoms with E-state index < -0.39 is 17.8 Å². The van der Waals surface area contributed by atoms with Crippen LogP contribution in [0.1, 0.15) is 24.2 Å². The summed E-state index contributed by atoms with van der Waals surface area (Å²) in [7, 11) is 0. The monoisotopic (exact) mass is 333 g/mol. The van der Waals surface area contributed by atoms with E-state index in [-0.39, 0.29) is 5.82 Å². The van der Waals surface area contributed by atoms with Crippen LogP contribution in [0.15, 0.2) is 54.9 Å². The lowest BCUT2D eigenvalue weighted by Crippen LogP contribution is -2.15. The summed E-state index contributed by atoms with van der Waals surface area (Å²) >= 11 is 0. The molecule has 0 fully saturated rings. The van der Waals surface area contributed by atoms with Crippen molar-refractivity contribution in [2.24, 2.45) is 0 Å². The topological polar surface area (TPSA) is 55.6 Å². The molecule has 0 radical (unpaired) electrons. The number of hydrogen-bond acceptors (Lipinski definition) is 4. The predicted molar refractivity (Wildman–Crippen MR) is 82.6 cm³/mol. The normalized spacial score (nSPS) is 12.8. The SMILES string of the molecule is CC(Nc1ncccc1C(F)(F)F)c1cn(-c2ccccc2)nn1. The first kappa shape index (κ1) is 16.0. The Balaban J connectivity index is 1.82. The molecular weight excluding hydrogens is 319 g/mol. The predicted octanol–water partition coefficient (Wildman–Crippen LogP) is 3.85. The van der Waals surface area contributed by atoms with Crippen LogP contribution in [0.2, 0.25) is 0 Å². The number of rotatable bonds is 4. The third-order valence-electron chi connectivity index (χ3n) is 3.44. The van der Waals surface area contributed by atoms with Crippen LogP contribution in [-0.4, -0.2) is 20.0 Å². The molecule has 0 saturated heterocycles. The van der Waals surface area contributed by atoms with Gasteiger partial charge in [0.05, 0.1) is 23.5 Å². The zero-order chi connectivity index (χ0) is 17.2. The number of benzene rings is 1. The van der Waals surface area contributed by atoms with Gasteiger partial charge in [-0.15, -0.1) is 5.10 Å². The Labute approximate surface area is 136 Å². The molecule has 0 aliphatic rings. The number of halogens is 3. The van der Waals surface area contributed by atoms with E-state index in [0.717, 1.165) is 11.8 Å². The van der Waals surface area contributed by atoms with Gasteiger partial charge in [0.25, 0.3) is 0 Å². The Morgan fingerprint density at radius 3 is 2.54 bits per heavy atom. The van der Waals surface area contributed by atoms with Crippen LogP contribution < -0.4 is 5.32 Å². The lowest BCUT2D eigenvalue weighted by atomic mass is 10.2. The van der Waals surface area contributed by atoms with Gasteiger partial charge in [-0.05, 0) is 31.2 Å². The molecule has 1 atom stereocenters. The van der Waals surface area contributed by atoms with E-state index in [1.165, 1.54) is 12.3 Å². The summed E-state index contributed by atoms with van der Waals surface area (Å²) in [5.41, 5.74) is 0.516. The van der Waals surface area contributed by atoms with Crippen LogP contribution in [-0.2, 0) is 6.18 Å². The van der Waals surface area contributed by atoms with Gasteiger partial charge >= 0.3 is 6.18 Å². The Morgan fingerprint density at radius 2 is 1.83 bits per heavy atom. The highest BCUT2D eigenvalue weighted by molar-refractivity contribution is 5.47. The van der Waals surface area contributed by atoms with Gasteiger partial charge < -0.3 is 5.32 Å². The van der Waals surface area contributed by atoms with E-state index in [1.807, 2.05) is 30.3 Å². The van der Waals surface area contributed by atoms with Crippen LogP contribution in [0, 0.1) is 0 Å². The number of pyridine rings is 1. The lowest BCUT2D eigenvalue weighted by Gasteiger charge is -2.16. The summed E-state index contributed by atoms with van der Waals surface area (Å²) in [5.74, 6) is -0.230. The standard InChI is InChI=1S/C16H14F3N5/c1-11(21-15-13(16(17,18)19)8-5-9-20-15)14-10-24(23-22-14)12-6-3-2-4-7-12/h2-11H,1H3,(H,20,21). The van der Waals surface area contributed by atoms with Crippen molar-refractivity contribution in [3.05, 3.63) is 66.1 Å². The van der Waals surface area contributed by atoms with Gasteiger partial charge in [-0.3, -0.25) is 0 Å². The molecular formula is C16H14F3N5. The van der Waals surface area contributed by atoms with Gasteiger partial charge in [0.2, 0.25) is 0 Å². The first-order chi connectivity index (χ1) is 11.4. The number of anilines is 1. The van der Waals surface area contributed by atoms with Crippen molar-refractivity contribution in [2.75, 3.05) is 5.32 Å². The molecule has 2 heterocycles. The highest BCUT2D eigenvalue weighted by atomic mass is 19.4. The van der Waals surface area contributed by atoms with E-state index in [0.29, 0.717) is 5.69 Å². The fourth-order valence-corrected chi connectivity index (χ4v) is 2.21. The van der Waals surface area contributed by atoms with Gasteiger partial charge in [-0.25, -0.2) is 9.67 Å². The van der Waals surface area contributed by atoms with Crippen molar-refractivity contribution in [3.63, 3.8) is 0 Å². The molecule has 0 aliphatic carbocycles. The maximum absolute atomic E-state index is 13.0. The molecule has 3 rings (SSSR count). The minimum Gasteiger partial charge on any atom is -0.361 e. The maximum Gasteiger partial charge on any atom is 0.419 e. The lowest BCUT2D eigenvalue weighted by molar-refractivity contribution is -0.137. The molecule has 124 valence electrons. The number of alkyl halides is 3. The van der Waals surface area contributed by atoms with Crippen LogP contribution in [0.3, 0.4) is 0 Å². The number of nitrogens with one attached hydrogen (secondary N) is 1. The van der Waals surface area contributed by atoms with E-state index in [4.69, 9.17) is 0 Å². The highest BCUT2D eigenvalue weighted by Crippen LogP contribution is 2.34. The van der Waals surface area contributed by atoms with Crippen LogP contribution >= 0.6 is 0 Å². The molecule has 24 heavy (non-hydrogen) atoms. The molecule has 0 aliphatic heterocycles. The summed E-state index contributed by atoms with van der Waals surface area (Å²) in [6, 6.07) is 11.1. The molecule has 1 aromatic carbocycles. The molecule has 0 saturated carbocycles. The second kappa shape index (κ2) is 6.31. The smallest absolute Gasteiger partial charge is 0.361 e. The molecule has 8 heteroatoms. The third kappa shape index (κ3) is 3.37. The second-order valence-corrected chi connectivity index (χ2v) is 5.19. The molecule has 1 unspecified atom stereocenters. The Bertz CT molecular complexity index is 814. The average Bonchev–Trinajstić information content (AvgIpc) is 3.05. The van der Waals surface area contributed by atoms with Crippen LogP contribution in [0.4, 0.5) is 19.0 Å². The summed E-state index contributed by atoms with van der Waals surface area (Å²) in [6.07, 6.45) is -1.49. The van der Waals surface area contributed by atoms with Crippen molar-refractivity contribution in [3.8, 4) is 5.69 Å². The van der Waals surface area contributed by atoms with E-state index >= 15 is 0 Å². The summed E-state index contributed by atoms with van der Waals surface area (Å²) in [4.78, 5) is 3.79. The largest absolute Gasteiger partial charge is 0.419 e. The van der Waals surface area contributed by atoms with Crippen molar-refractivity contribution in [2.45, 2.75) is 19.1 Å². The minimum absolute atomic E-state index is 0.230. The summed E-state index contributed by atoms with van der Waals surface area (Å²) < 4.78 is 40.6. The fourth-order valence-electron chi connectivity index (χ4n) is 2.21. The van der Waals surface area contributed by atoms with Gasteiger partial charge in [-0.1, -0.05) is 23.4 Å². The van der Waals surface area contributed by atoms with Crippen molar-refractivity contribution < 1.29 is 13.2 Å². The molecule has 1 N–H and O–H groups in total. The molecule has 2 aromatic heterocycles. The Kier molecular flexibility index (Phi) is 4.20. The molecule has 5 nitrogen and oxygen atoms in total. The summed E-state index contributed by atoms with van der Waals surface area (Å²) in [5, 5.41) is 10.8. The third-order valence-corrected chi connectivity index (χ3v) is 3.44. The van der Waals surface area contributed by atoms with Crippen molar-refractivity contribution in [1.82, 2.24) is 20.0 Å². The highest BCUT2D eigenvalue weighted by Gasteiger charge is 2.34. The fraction of sp³-hybridized carbons (Fsp3) is 0.188. The molecule has 0 bridgehead atoms. The first-order valence-corrected chi connectivity index (χ1v) is 7.21. The van der Waals surface area contributed by atoms with E-state index in [9.17, 15) is 13.2 Å². The quantitative estimate of drug-likeness (QED) is 0.788. The van der Waals surface area contributed by atoms with Gasteiger partial charge in [-0.2, -0.15) is 13.2 Å². The molecule has 0 spiro atoms. The average molecular weight is 333 g/mol. The molecule has 3 aromatic rings. The number of para-hydroxylation sites is 1. The zero-order valence-corrected chi connectivity index (χ0v) is 12.7.